The summed E-state index contributed by atoms with van der Waals surface area (Å²) < 4.78 is 0. The molecule has 4 atom stereocenters. The van der Waals surface area contributed by atoms with Gasteiger partial charge in [-0.15, -0.1) is 0 Å². The van der Waals surface area contributed by atoms with Gasteiger partial charge in [-0.2, -0.15) is 0 Å². The van der Waals surface area contributed by atoms with Crippen molar-refractivity contribution in [1.29, 1.82) is 0 Å². The highest BCUT2D eigenvalue weighted by molar-refractivity contribution is 5.80. The molecule has 0 heterocycles. The van der Waals surface area contributed by atoms with Crippen LogP contribution >= 0.6 is 0 Å². The molecule has 13 heavy (non-hydrogen) atoms. The lowest BCUT2D eigenvalue weighted by molar-refractivity contribution is -0.140. The Hall–Kier alpha value is -1.10. The second-order valence-electron chi connectivity index (χ2n) is 3.38. The molecule has 0 aliphatic heterocycles. The highest BCUT2D eigenvalue weighted by Gasteiger charge is 2.58. The largest absolute Gasteiger partial charge is 0.481 e. The Morgan fingerprint density at radius 1 is 1.46 bits per heavy atom. The molecule has 0 bridgehead atoms. The van der Waals surface area contributed by atoms with Gasteiger partial charge in [0, 0.05) is 5.92 Å². The van der Waals surface area contributed by atoms with Crippen molar-refractivity contribution < 1.29 is 19.8 Å². The summed E-state index contributed by atoms with van der Waals surface area (Å²) in [6, 6.07) is -1.04. The fraction of sp³-hybridized carbons (Fsp3) is 0.750. The maximum atomic E-state index is 10.6. The summed E-state index contributed by atoms with van der Waals surface area (Å²) in [4.78, 5) is 21.1. The summed E-state index contributed by atoms with van der Waals surface area (Å²) in [5.41, 5.74) is 5.35. The average Bonchev–Trinajstić information content (AvgIpc) is 2.76. The summed E-state index contributed by atoms with van der Waals surface area (Å²) in [6.45, 7) is 1.84. The van der Waals surface area contributed by atoms with Gasteiger partial charge in [-0.3, -0.25) is 9.59 Å². The van der Waals surface area contributed by atoms with Crippen LogP contribution < -0.4 is 5.73 Å². The van der Waals surface area contributed by atoms with Crippen LogP contribution in [0.15, 0.2) is 0 Å². The Balaban J connectivity index is 2.63. The van der Waals surface area contributed by atoms with Gasteiger partial charge in [0.2, 0.25) is 0 Å². The third-order valence-electron chi connectivity index (χ3n) is 2.69. The first-order valence-corrected chi connectivity index (χ1v) is 4.21. The SMILES string of the molecule is CC[C@H]1[C@@H](C(=O)O)[C@@H]1C(N)C(=O)O. The first-order valence-electron chi connectivity index (χ1n) is 4.21. The van der Waals surface area contributed by atoms with Gasteiger partial charge in [0.25, 0.3) is 0 Å². The molecule has 0 amide bonds. The highest BCUT2D eigenvalue weighted by Crippen LogP contribution is 2.50. The van der Waals surface area contributed by atoms with E-state index in [-0.39, 0.29) is 11.8 Å². The first-order chi connectivity index (χ1) is 6.00. The summed E-state index contributed by atoms with van der Waals surface area (Å²) in [7, 11) is 0. The smallest absolute Gasteiger partial charge is 0.320 e. The Labute approximate surface area is 75.5 Å². The average molecular weight is 187 g/mol. The molecule has 0 radical (unpaired) electrons. The summed E-state index contributed by atoms with van der Waals surface area (Å²) in [5.74, 6) is -3.07. The first kappa shape index (κ1) is 9.98. The van der Waals surface area contributed by atoms with Gasteiger partial charge in [-0.25, -0.2) is 0 Å². The Bertz CT molecular complexity index is 240. The van der Waals surface area contributed by atoms with Crippen molar-refractivity contribution in [1.82, 2.24) is 0 Å². The summed E-state index contributed by atoms with van der Waals surface area (Å²) in [6.07, 6.45) is 0.669. The van der Waals surface area contributed by atoms with Crippen LogP contribution in [0.1, 0.15) is 13.3 Å². The highest BCUT2D eigenvalue weighted by atomic mass is 16.4. The fourth-order valence-corrected chi connectivity index (χ4v) is 1.93. The Kier molecular flexibility index (Phi) is 2.56. The second kappa shape index (κ2) is 3.33. The maximum absolute atomic E-state index is 10.6. The topological polar surface area (TPSA) is 101 Å². The molecule has 74 valence electrons. The number of hydrogen-bond donors (Lipinski definition) is 3. The predicted molar refractivity (Wildman–Crippen MR) is 44.0 cm³/mol. The Morgan fingerprint density at radius 2 is 2.00 bits per heavy atom. The molecule has 1 fully saturated rings. The standard InChI is InChI=1S/C8H13NO4/c1-2-3-4(5(3)7(10)11)6(9)8(12)13/h3-6H,2,9H2,1H3,(H,10,11)(H,12,13)/t3-,4-,5-,6?/m1/s1. The van der Waals surface area contributed by atoms with E-state index in [1.165, 1.54) is 0 Å². The van der Waals surface area contributed by atoms with Gasteiger partial charge in [0.05, 0.1) is 5.92 Å². The number of carbonyl (C=O) groups is 2. The zero-order chi connectivity index (χ0) is 10.2. The third-order valence-corrected chi connectivity index (χ3v) is 2.69. The number of hydrogen-bond acceptors (Lipinski definition) is 3. The van der Waals surface area contributed by atoms with Crippen LogP contribution in [-0.2, 0) is 9.59 Å². The van der Waals surface area contributed by atoms with Gasteiger partial charge in [0.1, 0.15) is 6.04 Å². The molecule has 1 saturated carbocycles. The number of carboxylic acids is 2. The van der Waals surface area contributed by atoms with Crippen molar-refractivity contribution in [2.24, 2.45) is 23.5 Å². The molecule has 4 N–H and O–H groups in total. The van der Waals surface area contributed by atoms with Crippen molar-refractivity contribution in [2.75, 3.05) is 0 Å². The van der Waals surface area contributed by atoms with E-state index < -0.39 is 23.9 Å². The van der Waals surface area contributed by atoms with Gasteiger partial charge >= 0.3 is 11.9 Å². The molecule has 1 unspecified atom stereocenters. The normalized spacial score (nSPS) is 33.8. The van der Waals surface area contributed by atoms with Crippen molar-refractivity contribution in [3.8, 4) is 0 Å². The van der Waals surface area contributed by atoms with E-state index in [4.69, 9.17) is 15.9 Å². The van der Waals surface area contributed by atoms with Crippen LogP contribution in [-0.4, -0.2) is 28.2 Å². The van der Waals surface area contributed by atoms with E-state index in [9.17, 15) is 9.59 Å². The zero-order valence-corrected chi connectivity index (χ0v) is 7.30. The summed E-state index contributed by atoms with van der Waals surface area (Å²) in [5, 5.41) is 17.3. The Morgan fingerprint density at radius 3 is 2.23 bits per heavy atom. The lowest BCUT2D eigenvalue weighted by Crippen LogP contribution is -2.34. The third kappa shape index (κ3) is 1.65. The minimum absolute atomic E-state index is 0.0661. The lowest BCUT2D eigenvalue weighted by Gasteiger charge is -2.03. The number of rotatable bonds is 4. The second-order valence-corrected chi connectivity index (χ2v) is 3.38. The van der Waals surface area contributed by atoms with Gasteiger partial charge < -0.3 is 15.9 Å². The molecule has 0 spiro atoms. The van der Waals surface area contributed by atoms with E-state index in [1.807, 2.05) is 6.92 Å². The van der Waals surface area contributed by atoms with Crippen LogP contribution in [0.2, 0.25) is 0 Å². The molecular weight excluding hydrogens is 174 g/mol. The van der Waals surface area contributed by atoms with E-state index in [0.717, 1.165) is 0 Å². The van der Waals surface area contributed by atoms with Crippen molar-refractivity contribution in [3.63, 3.8) is 0 Å². The minimum atomic E-state index is -1.12. The quantitative estimate of drug-likeness (QED) is 0.563. The van der Waals surface area contributed by atoms with Crippen molar-refractivity contribution in [2.45, 2.75) is 19.4 Å². The van der Waals surface area contributed by atoms with Gasteiger partial charge in [-0.1, -0.05) is 13.3 Å². The zero-order valence-electron chi connectivity index (χ0n) is 7.30. The molecule has 5 heteroatoms. The molecule has 0 saturated heterocycles. The molecule has 5 nitrogen and oxygen atoms in total. The van der Waals surface area contributed by atoms with E-state index in [0.29, 0.717) is 6.42 Å². The number of nitrogens with two attached hydrogens (primary N) is 1. The van der Waals surface area contributed by atoms with Crippen molar-refractivity contribution in [3.05, 3.63) is 0 Å². The van der Waals surface area contributed by atoms with E-state index in [2.05, 4.69) is 0 Å². The summed E-state index contributed by atoms with van der Waals surface area (Å²) >= 11 is 0. The monoisotopic (exact) mass is 187 g/mol. The molecule has 1 aliphatic rings. The van der Waals surface area contributed by atoms with Crippen LogP contribution in [0.4, 0.5) is 0 Å². The van der Waals surface area contributed by atoms with Gasteiger partial charge in [-0.05, 0) is 5.92 Å². The molecule has 1 aliphatic carbocycles. The predicted octanol–water partition coefficient (Wildman–Crippen LogP) is -0.245. The van der Waals surface area contributed by atoms with Gasteiger partial charge in [0.15, 0.2) is 0 Å². The molecule has 0 aromatic carbocycles. The minimum Gasteiger partial charge on any atom is -0.481 e. The molecule has 1 rings (SSSR count). The molecule has 0 aromatic heterocycles. The van der Waals surface area contributed by atoms with E-state index >= 15 is 0 Å². The van der Waals surface area contributed by atoms with Crippen LogP contribution in [0.25, 0.3) is 0 Å². The van der Waals surface area contributed by atoms with Crippen LogP contribution in [0.5, 0.6) is 0 Å². The van der Waals surface area contributed by atoms with Crippen molar-refractivity contribution >= 4 is 11.9 Å². The number of aliphatic carboxylic acids is 2. The van der Waals surface area contributed by atoms with E-state index in [1.54, 1.807) is 0 Å². The lowest BCUT2D eigenvalue weighted by atomic mass is 10.1. The van der Waals surface area contributed by atoms with Crippen LogP contribution in [0.3, 0.4) is 0 Å². The van der Waals surface area contributed by atoms with Crippen LogP contribution in [0, 0.1) is 17.8 Å². The molecular formula is C8H13NO4. The number of carboxylic acid groups (broad SMARTS) is 2. The molecule has 0 aromatic rings. The maximum Gasteiger partial charge on any atom is 0.320 e. The fourth-order valence-electron chi connectivity index (χ4n) is 1.93.